The molecule has 0 heterocycles. The molecular formula is C17H29NO. The molecule has 0 aromatic heterocycles. The van der Waals surface area contributed by atoms with Gasteiger partial charge in [0.2, 0.25) is 0 Å². The highest BCUT2D eigenvalue weighted by Gasteiger charge is 2.08. The van der Waals surface area contributed by atoms with Gasteiger partial charge in [-0.25, -0.2) is 0 Å². The number of hydrogen-bond acceptors (Lipinski definition) is 2. The van der Waals surface area contributed by atoms with E-state index < -0.39 is 0 Å². The summed E-state index contributed by atoms with van der Waals surface area (Å²) < 4.78 is 5.93. The van der Waals surface area contributed by atoms with Crippen molar-refractivity contribution in [2.75, 3.05) is 13.2 Å². The molecule has 19 heavy (non-hydrogen) atoms. The first kappa shape index (κ1) is 16.0. The molecule has 0 aliphatic carbocycles. The Morgan fingerprint density at radius 1 is 1.21 bits per heavy atom. The van der Waals surface area contributed by atoms with Crippen LogP contribution in [0.25, 0.3) is 0 Å². The van der Waals surface area contributed by atoms with Gasteiger partial charge in [0.15, 0.2) is 0 Å². The number of likely N-dealkylation sites (N-methyl/N-ethyl adjacent to an activating group) is 1. The molecule has 2 heteroatoms. The van der Waals surface area contributed by atoms with Crippen molar-refractivity contribution < 1.29 is 4.74 Å². The van der Waals surface area contributed by atoms with E-state index in [9.17, 15) is 0 Å². The molecule has 1 rings (SSSR count). The van der Waals surface area contributed by atoms with Crippen LogP contribution in [0.1, 0.15) is 57.6 Å². The molecule has 0 amide bonds. The molecule has 0 aliphatic rings. The summed E-state index contributed by atoms with van der Waals surface area (Å²) in [6.45, 7) is 12.7. The lowest BCUT2D eigenvalue weighted by molar-refractivity contribution is 0.257. The van der Waals surface area contributed by atoms with Gasteiger partial charge in [0.25, 0.3) is 0 Å². The fourth-order valence-corrected chi connectivity index (χ4v) is 2.46. The van der Waals surface area contributed by atoms with E-state index >= 15 is 0 Å². The second-order valence-electron chi connectivity index (χ2n) is 5.53. The van der Waals surface area contributed by atoms with Crippen molar-refractivity contribution in [2.45, 2.75) is 59.4 Å². The minimum absolute atomic E-state index is 0.458. The lowest BCUT2D eigenvalue weighted by Crippen LogP contribution is -2.34. The normalized spacial score (nSPS) is 12.7. The van der Waals surface area contributed by atoms with E-state index in [2.05, 4.69) is 58.1 Å². The molecule has 1 atom stereocenters. The molecular weight excluding hydrogens is 234 g/mol. The molecule has 0 saturated heterocycles. The van der Waals surface area contributed by atoms with Crippen LogP contribution >= 0.6 is 0 Å². The Bertz CT molecular complexity index is 368. The Balaban J connectivity index is 2.59. The molecule has 0 fully saturated rings. The van der Waals surface area contributed by atoms with Crippen molar-refractivity contribution in [1.82, 2.24) is 5.32 Å². The third kappa shape index (κ3) is 5.23. The maximum Gasteiger partial charge on any atom is 0.119 e. The summed E-state index contributed by atoms with van der Waals surface area (Å²) in [5, 5.41) is 3.47. The van der Waals surface area contributed by atoms with Crippen molar-refractivity contribution in [3.05, 3.63) is 29.3 Å². The Morgan fingerprint density at radius 3 is 2.47 bits per heavy atom. The molecule has 2 nitrogen and oxygen atoms in total. The first-order valence-electron chi connectivity index (χ1n) is 7.55. The average Bonchev–Trinajstić information content (AvgIpc) is 2.36. The maximum absolute atomic E-state index is 5.93. The van der Waals surface area contributed by atoms with Gasteiger partial charge < -0.3 is 10.1 Å². The fraction of sp³-hybridized carbons (Fsp3) is 0.647. The van der Waals surface area contributed by atoms with Gasteiger partial charge in [-0.05, 0) is 49.1 Å². The van der Waals surface area contributed by atoms with Crippen LogP contribution in [0.15, 0.2) is 18.2 Å². The van der Waals surface area contributed by atoms with Gasteiger partial charge in [0.05, 0.1) is 0 Å². The zero-order chi connectivity index (χ0) is 14.3. The van der Waals surface area contributed by atoms with E-state index in [-0.39, 0.29) is 0 Å². The van der Waals surface area contributed by atoms with Crippen molar-refractivity contribution >= 4 is 0 Å². The van der Waals surface area contributed by atoms with Crippen molar-refractivity contribution in [2.24, 2.45) is 0 Å². The third-order valence-electron chi connectivity index (χ3n) is 3.44. The van der Waals surface area contributed by atoms with Gasteiger partial charge in [-0.15, -0.1) is 0 Å². The van der Waals surface area contributed by atoms with Gasteiger partial charge in [0.1, 0.15) is 12.4 Å². The molecule has 1 unspecified atom stereocenters. The summed E-state index contributed by atoms with van der Waals surface area (Å²) in [6, 6.07) is 6.90. The van der Waals surface area contributed by atoms with E-state index in [1.165, 1.54) is 17.5 Å². The summed E-state index contributed by atoms with van der Waals surface area (Å²) in [5.74, 6) is 1.56. The smallest absolute Gasteiger partial charge is 0.119 e. The Hall–Kier alpha value is -1.02. The predicted octanol–water partition coefficient (Wildman–Crippen LogP) is 4.28. The van der Waals surface area contributed by atoms with Crippen LogP contribution in [-0.4, -0.2) is 19.2 Å². The minimum atomic E-state index is 0.458. The zero-order valence-corrected chi connectivity index (χ0v) is 13.1. The second-order valence-corrected chi connectivity index (χ2v) is 5.53. The quantitative estimate of drug-likeness (QED) is 0.756. The topological polar surface area (TPSA) is 21.3 Å². The number of nitrogens with one attached hydrogen (secondary N) is 1. The van der Waals surface area contributed by atoms with Crippen LogP contribution in [0.5, 0.6) is 5.75 Å². The van der Waals surface area contributed by atoms with Crippen LogP contribution < -0.4 is 10.1 Å². The first-order chi connectivity index (χ1) is 9.08. The third-order valence-corrected chi connectivity index (χ3v) is 3.44. The largest absolute Gasteiger partial charge is 0.492 e. The standard InChI is InChI=1S/C17H29NO/c1-6-8-15(18-7-2)12-19-16-9-10-17(13(3)4)14(5)11-16/h9-11,13,15,18H,6-8,12H2,1-5H3. The van der Waals surface area contributed by atoms with E-state index in [1.807, 2.05) is 0 Å². The average molecular weight is 263 g/mol. The Morgan fingerprint density at radius 2 is 1.95 bits per heavy atom. The molecule has 0 saturated carbocycles. The molecule has 108 valence electrons. The van der Waals surface area contributed by atoms with Gasteiger partial charge in [-0.2, -0.15) is 0 Å². The van der Waals surface area contributed by atoms with Crippen LogP contribution in [0.4, 0.5) is 0 Å². The highest BCUT2D eigenvalue weighted by Crippen LogP contribution is 2.23. The molecule has 0 spiro atoms. The number of aryl methyl sites for hydroxylation is 1. The fourth-order valence-electron chi connectivity index (χ4n) is 2.46. The minimum Gasteiger partial charge on any atom is -0.492 e. The summed E-state index contributed by atoms with van der Waals surface area (Å²) in [4.78, 5) is 0. The first-order valence-corrected chi connectivity index (χ1v) is 7.55. The number of benzene rings is 1. The SMILES string of the molecule is CCCC(COc1ccc(C(C)C)c(C)c1)NCC. The van der Waals surface area contributed by atoms with Crippen molar-refractivity contribution in [3.8, 4) is 5.75 Å². The highest BCUT2D eigenvalue weighted by molar-refractivity contribution is 5.36. The van der Waals surface area contributed by atoms with E-state index in [4.69, 9.17) is 4.74 Å². The molecule has 0 aliphatic heterocycles. The number of ether oxygens (including phenoxy) is 1. The van der Waals surface area contributed by atoms with E-state index in [0.717, 1.165) is 25.3 Å². The zero-order valence-electron chi connectivity index (χ0n) is 13.1. The summed E-state index contributed by atoms with van der Waals surface area (Å²) in [7, 11) is 0. The van der Waals surface area contributed by atoms with Gasteiger partial charge in [-0.1, -0.05) is 40.2 Å². The van der Waals surface area contributed by atoms with E-state index in [0.29, 0.717) is 12.0 Å². The monoisotopic (exact) mass is 263 g/mol. The van der Waals surface area contributed by atoms with Crippen LogP contribution in [-0.2, 0) is 0 Å². The maximum atomic E-state index is 5.93. The predicted molar refractivity (Wildman–Crippen MR) is 83.1 cm³/mol. The highest BCUT2D eigenvalue weighted by atomic mass is 16.5. The molecule has 1 aromatic rings. The van der Waals surface area contributed by atoms with Crippen LogP contribution in [0.3, 0.4) is 0 Å². The van der Waals surface area contributed by atoms with Crippen molar-refractivity contribution in [3.63, 3.8) is 0 Å². The summed E-state index contributed by atoms with van der Waals surface area (Å²) >= 11 is 0. The lowest BCUT2D eigenvalue weighted by atomic mass is 9.98. The number of hydrogen-bond donors (Lipinski definition) is 1. The molecule has 0 radical (unpaired) electrons. The summed E-state index contributed by atoms with van der Waals surface area (Å²) in [6.07, 6.45) is 2.35. The van der Waals surface area contributed by atoms with Crippen LogP contribution in [0.2, 0.25) is 0 Å². The van der Waals surface area contributed by atoms with Gasteiger partial charge >= 0.3 is 0 Å². The molecule has 1 N–H and O–H groups in total. The van der Waals surface area contributed by atoms with Crippen LogP contribution in [0, 0.1) is 6.92 Å². The van der Waals surface area contributed by atoms with Gasteiger partial charge in [-0.3, -0.25) is 0 Å². The Labute approximate surface area is 118 Å². The Kier molecular flexibility index (Phi) is 6.93. The number of rotatable bonds is 8. The van der Waals surface area contributed by atoms with Gasteiger partial charge in [0, 0.05) is 6.04 Å². The molecule has 1 aromatic carbocycles. The van der Waals surface area contributed by atoms with Crippen molar-refractivity contribution in [1.29, 1.82) is 0 Å². The van der Waals surface area contributed by atoms with E-state index in [1.54, 1.807) is 0 Å². The summed E-state index contributed by atoms with van der Waals surface area (Å²) in [5.41, 5.74) is 2.73. The lowest BCUT2D eigenvalue weighted by Gasteiger charge is -2.18. The second kappa shape index (κ2) is 8.21. The molecule has 0 bridgehead atoms.